The molecule has 1 aliphatic heterocycles. The third-order valence-corrected chi connectivity index (χ3v) is 6.66. The van der Waals surface area contributed by atoms with Crippen molar-refractivity contribution in [2.75, 3.05) is 20.7 Å². The smallest absolute Gasteiger partial charge is 0.335 e. The van der Waals surface area contributed by atoms with Crippen molar-refractivity contribution in [1.82, 2.24) is 9.47 Å². The van der Waals surface area contributed by atoms with Gasteiger partial charge in [-0.3, -0.25) is 4.79 Å². The highest BCUT2D eigenvalue weighted by molar-refractivity contribution is 5.89. The molecule has 4 rings (SSSR count). The van der Waals surface area contributed by atoms with Crippen LogP contribution in [0.4, 0.5) is 0 Å². The number of hydrogen-bond donors (Lipinski definition) is 1. The van der Waals surface area contributed by atoms with Crippen molar-refractivity contribution < 1.29 is 19.4 Å². The number of aryl methyl sites for hydroxylation is 1. The lowest BCUT2D eigenvalue weighted by molar-refractivity contribution is -0.136. The largest absolute Gasteiger partial charge is 0.496 e. The number of benzene rings is 2. The number of rotatable bonds is 8. The normalized spacial score (nSPS) is 16.4. The lowest BCUT2D eigenvalue weighted by atomic mass is 9.90. The molecular formula is C27H32N2O4. The molecule has 1 aromatic heterocycles. The maximum absolute atomic E-state index is 12.6. The number of piperidine rings is 1. The van der Waals surface area contributed by atoms with E-state index in [-0.39, 0.29) is 17.4 Å². The van der Waals surface area contributed by atoms with Gasteiger partial charge in [0.05, 0.1) is 12.7 Å². The molecule has 174 valence electrons. The number of aromatic carboxylic acids is 1. The van der Waals surface area contributed by atoms with Gasteiger partial charge in [0.15, 0.2) is 0 Å². The van der Waals surface area contributed by atoms with Crippen LogP contribution in [0.3, 0.4) is 0 Å². The second-order valence-corrected chi connectivity index (χ2v) is 9.01. The second kappa shape index (κ2) is 9.69. The summed E-state index contributed by atoms with van der Waals surface area (Å²) >= 11 is 0. The third-order valence-electron chi connectivity index (χ3n) is 6.66. The van der Waals surface area contributed by atoms with Crippen molar-refractivity contribution in [3.8, 4) is 5.75 Å². The maximum atomic E-state index is 12.6. The van der Waals surface area contributed by atoms with E-state index in [1.807, 2.05) is 18.0 Å². The predicted octanol–water partition coefficient (Wildman–Crippen LogP) is 4.76. The van der Waals surface area contributed by atoms with Gasteiger partial charge in [-0.25, -0.2) is 4.79 Å². The van der Waals surface area contributed by atoms with Crippen molar-refractivity contribution in [2.24, 2.45) is 5.92 Å². The number of aromatic nitrogens is 1. The van der Waals surface area contributed by atoms with E-state index in [0.717, 1.165) is 44.3 Å². The molecule has 1 N–H and O–H groups in total. The standard InChI is InChI=1S/C27H32N2O4/c1-4-11-29-17-22(15-19-8-9-21(27(31)32)16-25(19)33-3)23-14-18(7-10-24(23)29)13-20-6-5-12-28(2)26(20)30/h7-10,14,16-17,20H,4-6,11-13,15H2,1-3H3,(H,31,32). The van der Waals surface area contributed by atoms with Crippen LogP contribution < -0.4 is 4.74 Å². The van der Waals surface area contributed by atoms with Crippen LogP contribution in [0.1, 0.15) is 53.2 Å². The van der Waals surface area contributed by atoms with Crippen LogP contribution in [-0.2, 0) is 24.2 Å². The highest BCUT2D eigenvalue weighted by Crippen LogP contribution is 2.31. The van der Waals surface area contributed by atoms with Crippen LogP contribution >= 0.6 is 0 Å². The number of likely N-dealkylation sites (tertiary alicyclic amines) is 1. The molecule has 6 nitrogen and oxygen atoms in total. The zero-order chi connectivity index (χ0) is 23.5. The topological polar surface area (TPSA) is 71.8 Å². The fourth-order valence-electron chi connectivity index (χ4n) is 4.93. The lowest BCUT2D eigenvalue weighted by Gasteiger charge is -2.29. The highest BCUT2D eigenvalue weighted by atomic mass is 16.5. The van der Waals surface area contributed by atoms with E-state index < -0.39 is 5.97 Å². The first-order valence-corrected chi connectivity index (χ1v) is 11.7. The van der Waals surface area contributed by atoms with Crippen molar-refractivity contribution in [1.29, 1.82) is 0 Å². The summed E-state index contributed by atoms with van der Waals surface area (Å²) in [5.41, 5.74) is 4.71. The molecule has 0 spiro atoms. The Morgan fingerprint density at radius 3 is 2.73 bits per heavy atom. The fraction of sp³-hybridized carbons (Fsp3) is 0.407. The predicted molar refractivity (Wildman–Crippen MR) is 129 cm³/mol. The van der Waals surface area contributed by atoms with Gasteiger partial charge < -0.3 is 19.3 Å². The maximum Gasteiger partial charge on any atom is 0.335 e. The molecule has 1 fully saturated rings. The summed E-state index contributed by atoms with van der Waals surface area (Å²) in [5.74, 6) is -0.0929. The van der Waals surface area contributed by atoms with Crippen LogP contribution in [-0.4, -0.2) is 47.2 Å². The number of amides is 1. The zero-order valence-electron chi connectivity index (χ0n) is 19.6. The molecule has 0 aliphatic carbocycles. The fourth-order valence-corrected chi connectivity index (χ4v) is 4.93. The van der Waals surface area contributed by atoms with Crippen LogP contribution in [0.25, 0.3) is 10.9 Å². The summed E-state index contributed by atoms with van der Waals surface area (Å²) in [4.78, 5) is 25.8. The quantitative estimate of drug-likeness (QED) is 0.539. The minimum absolute atomic E-state index is 0.0473. The zero-order valence-corrected chi connectivity index (χ0v) is 19.6. The van der Waals surface area contributed by atoms with Gasteiger partial charge in [0, 0.05) is 49.6 Å². The van der Waals surface area contributed by atoms with Crippen molar-refractivity contribution >= 4 is 22.8 Å². The van der Waals surface area contributed by atoms with Crippen LogP contribution in [0, 0.1) is 5.92 Å². The summed E-state index contributed by atoms with van der Waals surface area (Å²) in [6.07, 6.45) is 6.63. The molecule has 0 radical (unpaired) electrons. The van der Waals surface area contributed by atoms with Crippen LogP contribution in [0.5, 0.6) is 5.75 Å². The van der Waals surface area contributed by atoms with E-state index in [0.29, 0.717) is 12.2 Å². The molecule has 1 unspecified atom stereocenters. The average molecular weight is 449 g/mol. The number of carbonyl (C=O) groups excluding carboxylic acids is 1. The van der Waals surface area contributed by atoms with Gasteiger partial charge in [0.2, 0.25) is 5.91 Å². The van der Waals surface area contributed by atoms with E-state index in [1.54, 1.807) is 19.2 Å². The van der Waals surface area contributed by atoms with Crippen molar-refractivity contribution in [2.45, 2.75) is 45.6 Å². The Kier molecular flexibility index (Phi) is 6.72. The molecule has 6 heteroatoms. The summed E-state index contributed by atoms with van der Waals surface area (Å²) < 4.78 is 7.79. The number of nitrogens with zero attached hydrogens (tertiary/aromatic N) is 2. The Balaban J connectivity index is 1.69. The number of fused-ring (bicyclic) bond motifs is 1. The Morgan fingerprint density at radius 2 is 2.00 bits per heavy atom. The monoisotopic (exact) mass is 448 g/mol. The lowest BCUT2D eigenvalue weighted by Crippen LogP contribution is -2.39. The minimum Gasteiger partial charge on any atom is -0.496 e. The van der Waals surface area contributed by atoms with Crippen molar-refractivity contribution in [3.05, 3.63) is 64.8 Å². The Labute approximate surface area is 194 Å². The molecule has 1 aliphatic rings. The number of hydrogen-bond acceptors (Lipinski definition) is 3. The SMILES string of the molecule is CCCn1cc(Cc2ccc(C(=O)O)cc2OC)c2cc(CC3CCCN(C)C3=O)ccc21. The molecule has 33 heavy (non-hydrogen) atoms. The van der Waals surface area contributed by atoms with Crippen LogP contribution in [0.2, 0.25) is 0 Å². The first-order valence-electron chi connectivity index (χ1n) is 11.7. The van der Waals surface area contributed by atoms with Gasteiger partial charge in [-0.2, -0.15) is 0 Å². The molecule has 1 atom stereocenters. The van der Waals surface area contributed by atoms with E-state index in [9.17, 15) is 14.7 Å². The van der Waals surface area contributed by atoms with E-state index in [2.05, 4.69) is 35.9 Å². The summed E-state index contributed by atoms with van der Waals surface area (Å²) in [5, 5.41) is 10.5. The van der Waals surface area contributed by atoms with E-state index in [4.69, 9.17) is 4.74 Å². The molecule has 2 aromatic carbocycles. The summed E-state index contributed by atoms with van der Waals surface area (Å²) in [6, 6.07) is 11.6. The molecule has 1 saturated heterocycles. The molecule has 1 amide bonds. The number of carboxylic acids is 1. The number of ether oxygens (including phenoxy) is 1. The van der Waals surface area contributed by atoms with Gasteiger partial charge in [-0.1, -0.05) is 19.1 Å². The van der Waals surface area contributed by atoms with E-state index >= 15 is 0 Å². The van der Waals surface area contributed by atoms with Gasteiger partial charge in [-0.05, 0) is 66.6 Å². The first kappa shape index (κ1) is 22.9. The summed E-state index contributed by atoms with van der Waals surface area (Å²) in [7, 11) is 3.46. The molecule has 0 saturated carbocycles. The van der Waals surface area contributed by atoms with Crippen LogP contribution in [0.15, 0.2) is 42.6 Å². The van der Waals surface area contributed by atoms with Gasteiger partial charge in [-0.15, -0.1) is 0 Å². The summed E-state index contributed by atoms with van der Waals surface area (Å²) in [6.45, 7) is 3.94. The van der Waals surface area contributed by atoms with E-state index in [1.165, 1.54) is 22.0 Å². The van der Waals surface area contributed by atoms with Gasteiger partial charge in [0.1, 0.15) is 5.75 Å². The molecule has 3 aromatic rings. The third kappa shape index (κ3) is 4.75. The number of carbonyl (C=O) groups is 2. The minimum atomic E-state index is -0.966. The molecule has 2 heterocycles. The van der Waals surface area contributed by atoms with Gasteiger partial charge in [0.25, 0.3) is 0 Å². The molecule has 0 bridgehead atoms. The van der Waals surface area contributed by atoms with Gasteiger partial charge >= 0.3 is 5.97 Å². The second-order valence-electron chi connectivity index (χ2n) is 9.01. The Bertz CT molecular complexity index is 1180. The average Bonchev–Trinajstić information content (AvgIpc) is 3.13. The van der Waals surface area contributed by atoms with Crippen molar-refractivity contribution in [3.63, 3.8) is 0 Å². The highest BCUT2D eigenvalue weighted by Gasteiger charge is 2.26. The molecular weight excluding hydrogens is 416 g/mol. The number of carboxylic acid groups (broad SMARTS) is 1. The Morgan fingerprint density at radius 1 is 1.18 bits per heavy atom. The Hall–Kier alpha value is -3.28. The number of methoxy groups -OCH3 is 1. The first-order chi connectivity index (χ1) is 15.9.